The highest BCUT2D eigenvalue weighted by Crippen LogP contribution is 1.98. The second-order valence-corrected chi connectivity index (χ2v) is 4.41. The standard InChI is InChI=1S/C12H21N3O3/c1-10(2)15-7-6-14(12(15)17)9-11(16)13-5-4-8-18-3/h6-7,10H,4-5,8-9H2,1-3H3,(H,13,16). The fourth-order valence-corrected chi connectivity index (χ4v) is 1.60. The van der Waals surface area contributed by atoms with Crippen molar-refractivity contribution in [2.75, 3.05) is 20.3 Å². The third kappa shape index (κ3) is 4.03. The first-order valence-corrected chi connectivity index (χ1v) is 6.09. The summed E-state index contributed by atoms with van der Waals surface area (Å²) in [5.41, 5.74) is -0.156. The summed E-state index contributed by atoms with van der Waals surface area (Å²) in [5.74, 6) is -0.158. The number of methoxy groups -OCH3 is 1. The number of hydrogen-bond acceptors (Lipinski definition) is 3. The minimum atomic E-state index is -0.158. The first-order valence-electron chi connectivity index (χ1n) is 6.09. The van der Waals surface area contributed by atoms with Crippen LogP contribution < -0.4 is 11.0 Å². The number of ether oxygens (including phenoxy) is 1. The number of nitrogens with one attached hydrogen (secondary N) is 1. The molecule has 1 aromatic rings. The Kier molecular flexibility index (Phi) is 5.64. The zero-order valence-electron chi connectivity index (χ0n) is 11.2. The molecule has 0 atom stereocenters. The van der Waals surface area contributed by atoms with E-state index >= 15 is 0 Å². The molecule has 1 aromatic heterocycles. The zero-order valence-corrected chi connectivity index (χ0v) is 11.2. The Hall–Kier alpha value is -1.56. The molecule has 1 amide bonds. The van der Waals surface area contributed by atoms with Crippen LogP contribution in [0.5, 0.6) is 0 Å². The van der Waals surface area contributed by atoms with Crippen molar-refractivity contribution in [2.24, 2.45) is 0 Å². The Balaban J connectivity index is 2.47. The maximum atomic E-state index is 11.8. The predicted octanol–water partition coefficient (Wildman–Crippen LogP) is 0.383. The lowest BCUT2D eigenvalue weighted by molar-refractivity contribution is -0.121. The second-order valence-electron chi connectivity index (χ2n) is 4.41. The van der Waals surface area contributed by atoms with Crippen molar-refractivity contribution >= 4 is 5.91 Å². The summed E-state index contributed by atoms with van der Waals surface area (Å²) in [7, 11) is 1.62. The van der Waals surface area contributed by atoms with Gasteiger partial charge < -0.3 is 10.1 Å². The Morgan fingerprint density at radius 3 is 2.72 bits per heavy atom. The summed E-state index contributed by atoms with van der Waals surface area (Å²) in [4.78, 5) is 23.4. The van der Waals surface area contributed by atoms with Gasteiger partial charge in [-0.1, -0.05) is 0 Å². The second kappa shape index (κ2) is 7.00. The maximum absolute atomic E-state index is 11.8. The fourth-order valence-electron chi connectivity index (χ4n) is 1.60. The molecule has 18 heavy (non-hydrogen) atoms. The first kappa shape index (κ1) is 14.5. The maximum Gasteiger partial charge on any atom is 0.328 e. The molecule has 0 aliphatic carbocycles. The molecule has 1 N–H and O–H groups in total. The van der Waals surface area contributed by atoms with E-state index in [0.717, 1.165) is 6.42 Å². The third-order valence-corrected chi connectivity index (χ3v) is 2.59. The van der Waals surface area contributed by atoms with E-state index in [9.17, 15) is 9.59 Å². The van der Waals surface area contributed by atoms with Gasteiger partial charge in [0.25, 0.3) is 0 Å². The number of nitrogens with zero attached hydrogens (tertiary/aromatic N) is 2. The highest BCUT2D eigenvalue weighted by molar-refractivity contribution is 5.75. The minimum Gasteiger partial charge on any atom is -0.385 e. The zero-order chi connectivity index (χ0) is 13.5. The van der Waals surface area contributed by atoms with Crippen molar-refractivity contribution in [3.05, 3.63) is 22.9 Å². The SMILES string of the molecule is COCCCNC(=O)Cn1ccn(C(C)C)c1=O. The van der Waals surface area contributed by atoms with E-state index < -0.39 is 0 Å². The third-order valence-electron chi connectivity index (χ3n) is 2.59. The van der Waals surface area contributed by atoms with Crippen LogP contribution in [0.15, 0.2) is 17.2 Å². The molecule has 6 heteroatoms. The van der Waals surface area contributed by atoms with E-state index in [1.807, 2.05) is 13.8 Å². The van der Waals surface area contributed by atoms with Crippen LogP contribution in [-0.4, -0.2) is 35.3 Å². The normalized spacial score (nSPS) is 10.9. The molecular weight excluding hydrogens is 234 g/mol. The summed E-state index contributed by atoms with van der Waals surface area (Å²) in [6.07, 6.45) is 4.10. The van der Waals surface area contributed by atoms with Gasteiger partial charge in [0.05, 0.1) is 0 Å². The van der Waals surface area contributed by atoms with E-state index in [1.54, 1.807) is 24.1 Å². The number of rotatable bonds is 7. The van der Waals surface area contributed by atoms with E-state index in [0.29, 0.717) is 13.2 Å². The first-order chi connectivity index (χ1) is 8.56. The molecule has 0 saturated carbocycles. The number of carbonyl (C=O) groups is 1. The fraction of sp³-hybridized carbons (Fsp3) is 0.667. The number of imidazole rings is 1. The summed E-state index contributed by atoms with van der Waals surface area (Å²) in [6, 6.07) is 0.100. The lowest BCUT2D eigenvalue weighted by Gasteiger charge is -2.06. The van der Waals surface area contributed by atoms with Gasteiger partial charge in [-0.15, -0.1) is 0 Å². The van der Waals surface area contributed by atoms with Gasteiger partial charge in [0.1, 0.15) is 6.54 Å². The lowest BCUT2D eigenvalue weighted by Crippen LogP contribution is -2.33. The van der Waals surface area contributed by atoms with E-state index in [2.05, 4.69) is 5.32 Å². The van der Waals surface area contributed by atoms with Gasteiger partial charge in [0, 0.05) is 38.7 Å². The molecule has 102 valence electrons. The van der Waals surface area contributed by atoms with Gasteiger partial charge in [-0.2, -0.15) is 0 Å². The molecule has 1 rings (SSSR count). The topological polar surface area (TPSA) is 65.3 Å². The van der Waals surface area contributed by atoms with E-state index in [-0.39, 0.29) is 24.2 Å². The van der Waals surface area contributed by atoms with Crippen LogP contribution in [0.2, 0.25) is 0 Å². The molecule has 0 bridgehead atoms. The Labute approximate surface area is 107 Å². The molecule has 0 aliphatic heterocycles. The number of hydrogen-bond donors (Lipinski definition) is 1. The molecular formula is C12H21N3O3. The number of amides is 1. The molecule has 0 aromatic carbocycles. The molecule has 0 spiro atoms. The summed E-state index contributed by atoms with van der Waals surface area (Å²) >= 11 is 0. The Bertz CT molecular complexity index is 434. The van der Waals surface area contributed by atoms with Crippen LogP contribution >= 0.6 is 0 Å². The van der Waals surface area contributed by atoms with Gasteiger partial charge in [-0.3, -0.25) is 13.9 Å². The van der Waals surface area contributed by atoms with Crippen LogP contribution in [-0.2, 0) is 16.1 Å². The van der Waals surface area contributed by atoms with Gasteiger partial charge >= 0.3 is 5.69 Å². The van der Waals surface area contributed by atoms with Crippen molar-refractivity contribution in [1.29, 1.82) is 0 Å². The largest absolute Gasteiger partial charge is 0.385 e. The monoisotopic (exact) mass is 255 g/mol. The number of aromatic nitrogens is 2. The van der Waals surface area contributed by atoms with E-state index in [4.69, 9.17) is 4.74 Å². The summed E-state index contributed by atoms with van der Waals surface area (Å²) in [5, 5.41) is 2.74. The van der Waals surface area contributed by atoms with Gasteiger partial charge in [-0.25, -0.2) is 4.79 Å². The molecule has 0 fully saturated rings. The Morgan fingerprint density at radius 1 is 1.44 bits per heavy atom. The molecule has 1 heterocycles. The molecule has 0 unspecified atom stereocenters. The Morgan fingerprint density at radius 2 is 2.17 bits per heavy atom. The molecule has 0 radical (unpaired) electrons. The predicted molar refractivity (Wildman–Crippen MR) is 68.6 cm³/mol. The summed E-state index contributed by atoms with van der Waals surface area (Å²) in [6.45, 7) is 5.09. The quantitative estimate of drug-likeness (QED) is 0.716. The average molecular weight is 255 g/mol. The van der Waals surface area contributed by atoms with Crippen molar-refractivity contribution < 1.29 is 9.53 Å². The van der Waals surface area contributed by atoms with Crippen LogP contribution in [0, 0.1) is 0 Å². The number of carbonyl (C=O) groups excluding carboxylic acids is 1. The molecule has 6 nitrogen and oxygen atoms in total. The van der Waals surface area contributed by atoms with E-state index in [1.165, 1.54) is 4.57 Å². The van der Waals surface area contributed by atoms with Crippen molar-refractivity contribution in [2.45, 2.75) is 32.9 Å². The van der Waals surface area contributed by atoms with Crippen molar-refractivity contribution in [3.8, 4) is 0 Å². The average Bonchev–Trinajstić information content (AvgIpc) is 2.67. The van der Waals surface area contributed by atoms with Gasteiger partial charge in [-0.05, 0) is 20.3 Å². The van der Waals surface area contributed by atoms with Crippen LogP contribution in [0.25, 0.3) is 0 Å². The highest BCUT2D eigenvalue weighted by Gasteiger charge is 2.09. The van der Waals surface area contributed by atoms with Crippen molar-refractivity contribution in [3.63, 3.8) is 0 Å². The van der Waals surface area contributed by atoms with Crippen LogP contribution in [0.3, 0.4) is 0 Å². The van der Waals surface area contributed by atoms with Gasteiger partial charge in [0.2, 0.25) is 5.91 Å². The van der Waals surface area contributed by atoms with Gasteiger partial charge in [0.15, 0.2) is 0 Å². The minimum absolute atomic E-state index is 0.0610. The molecule has 0 aliphatic rings. The van der Waals surface area contributed by atoms with Crippen molar-refractivity contribution in [1.82, 2.24) is 14.5 Å². The smallest absolute Gasteiger partial charge is 0.328 e. The van der Waals surface area contributed by atoms with Crippen LogP contribution in [0.1, 0.15) is 26.3 Å². The lowest BCUT2D eigenvalue weighted by atomic mass is 10.4. The summed E-state index contributed by atoms with van der Waals surface area (Å²) < 4.78 is 7.88. The van der Waals surface area contributed by atoms with Crippen LogP contribution in [0.4, 0.5) is 0 Å². The molecule has 0 saturated heterocycles. The highest BCUT2D eigenvalue weighted by atomic mass is 16.5.